The standard InChI is InChI=1S/C16H23N5O2/c1-17-14(22)16(7-3-8-16)15(23)21-10-5-12(6-11-21)19-13-4-2-9-18-20-13/h2,4,9,12H,3,5-8,10-11H2,1H3,(H,17,22)(H,19,20). The van der Waals surface area contributed by atoms with Gasteiger partial charge >= 0.3 is 0 Å². The van der Waals surface area contributed by atoms with Crippen LogP contribution in [-0.2, 0) is 9.59 Å². The van der Waals surface area contributed by atoms with Crippen LogP contribution in [0.2, 0.25) is 0 Å². The van der Waals surface area contributed by atoms with Crippen LogP contribution in [0.3, 0.4) is 0 Å². The predicted molar refractivity (Wildman–Crippen MR) is 85.6 cm³/mol. The van der Waals surface area contributed by atoms with E-state index in [9.17, 15) is 9.59 Å². The summed E-state index contributed by atoms with van der Waals surface area (Å²) in [6, 6.07) is 4.02. The molecule has 1 aromatic heterocycles. The molecular weight excluding hydrogens is 294 g/mol. The summed E-state index contributed by atoms with van der Waals surface area (Å²) in [5.74, 6) is 0.632. The molecule has 3 rings (SSSR count). The molecule has 2 heterocycles. The molecule has 0 radical (unpaired) electrons. The third-order valence-corrected chi connectivity index (χ3v) is 4.98. The number of likely N-dealkylation sites (tertiary alicyclic amines) is 1. The Labute approximate surface area is 135 Å². The summed E-state index contributed by atoms with van der Waals surface area (Å²) in [5, 5.41) is 13.9. The number of rotatable bonds is 4. The molecule has 0 aromatic carbocycles. The fourth-order valence-corrected chi connectivity index (χ4v) is 3.42. The molecule has 7 heteroatoms. The fourth-order valence-electron chi connectivity index (χ4n) is 3.42. The van der Waals surface area contributed by atoms with Crippen LogP contribution in [-0.4, -0.2) is 53.1 Å². The fraction of sp³-hybridized carbons (Fsp3) is 0.625. The predicted octanol–water partition coefficient (Wildman–Crippen LogP) is 0.796. The summed E-state index contributed by atoms with van der Waals surface area (Å²) < 4.78 is 0. The van der Waals surface area contributed by atoms with Gasteiger partial charge in [-0.05, 0) is 37.8 Å². The molecule has 23 heavy (non-hydrogen) atoms. The summed E-state index contributed by atoms with van der Waals surface area (Å²) >= 11 is 0. The summed E-state index contributed by atoms with van der Waals surface area (Å²) in [4.78, 5) is 26.8. The number of nitrogens with one attached hydrogen (secondary N) is 2. The minimum absolute atomic E-state index is 0.000975. The van der Waals surface area contributed by atoms with Crippen molar-refractivity contribution in [3.8, 4) is 0 Å². The van der Waals surface area contributed by atoms with Crippen LogP contribution in [0, 0.1) is 5.41 Å². The summed E-state index contributed by atoms with van der Waals surface area (Å²) in [6.07, 6.45) is 5.64. The lowest BCUT2D eigenvalue weighted by Crippen LogP contribution is -2.57. The molecule has 0 spiro atoms. The Morgan fingerprint density at radius 1 is 1.30 bits per heavy atom. The Morgan fingerprint density at radius 3 is 2.57 bits per heavy atom. The molecule has 2 aliphatic rings. The number of amides is 2. The molecule has 2 amide bonds. The van der Waals surface area contributed by atoms with E-state index in [1.165, 1.54) is 0 Å². The van der Waals surface area contributed by atoms with Crippen molar-refractivity contribution in [1.82, 2.24) is 20.4 Å². The Balaban J connectivity index is 1.56. The number of carbonyl (C=O) groups excluding carboxylic acids is 2. The first-order chi connectivity index (χ1) is 11.2. The lowest BCUT2D eigenvalue weighted by atomic mass is 9.67. The van der Waals surface area contributed by atoms with Gasteiger partial charge in [0.15, 0.2) is 0 Å². The number of carbonyl (C=O) groups is 2. The molecule has 1 saturated carbocycles. The van der Waals surface area contributed by atoms with Crippen molar-refractivity contribution in [3.63, 3.8) is 0 Å². The molecule has 1 aromatic rings. The second-order valence-electron chi connectivity index (χ2n) is 6.33. The topological polar surface area (TPSA) is 87.2 Å². The van der Waals surface area contributed by atoms with Gasteiger partial charge in [0.05, 0.1) is 0 Å². The first-order valence-electron chi connectivity index (χ1n) is 8.21. The highest BCUT2D eigenvalue weighted by molar-refractivity contribution is 6.05. The molecule has 1 saturated heterocycles. The lowest BCUT2D eigenvalue weighted by Gasteiger charge is -2.43. The van der Waals surface area contributed by atoms with E-state index in [1.807, 2.05) is 17.0 Å². The number of piperidine rings is 1. The van der Waals surface area contributed by atoms with E-state index >= 15 is 0 Å². The van der Waals surface area contributed by atoms with Crippen molar-refractivity contribution in [2.45, 2.75) is 38.1 Å². The maximum absolute atomic E-state index is 12.8. The molecule has 1 aliphatic heterocycles. The molecule has 1 aliphatic carbocycles. The zero-order valence-electron chi connectivity index (χ0n) is 13.4. The minimum atomic E-state index is -0.806. The van der Waals surface area contributed by atoms with Crippen LogP contribution in [0.25, 0.3) is 0 Å². The first-order valence-corrected chi connectivity index (χ1v) is 8.21. The van der Waals surface area contributed by atoms with E-state index < -0.39 is 5.41 Å². The van der Waals surface area contributed by atoms with Crippen molar-refractivity contribution in [2.75, 3.05) is 25.5 Å². The SMILES string of the molecule is CNC(=O)C1(C(=O)N2CCC(Nc3cccnn3)CC2)CCC1. The van der Waals surface area contributed by atoms with Crippen molar-refractivity contribution in [2.24, 2.45) is 5.41 Å². The normalized spacial score (nSPS) is 20.5. The molecule has 2 N–H and O–H groups in total. The average Bonchev–Trinajstić information content (AvgIpc) is 2.55. The average molecular weight is 317 g/mol. The Morgan fingerprint density at radius 2 is 2.04 bits per heavy atom. The van der Waals surface area contributed by atoms with E-state index in [1.54, 1.807) is 13.2 Å². The monoisotopic (exact) mass is 317 g/mol. The van der Waals surface area contributed by atoms with Gasteiger partial charge < -0.3 is 15.5 Å². The van der Waals surface area contributed by atoms with Gasteiger partial charge in [0.25, 0.3) is 0 Å². The van der Waals surface area contributed by atoms with Crippen molar-refractivity contribution < 1.29 is 9.59 Å². The van der Waals surface area contributed by atoms with Crippen LogP contribution in [0.4, 0.5) is 5.82 Å². The molecule has 7 nitrogen and oxygen atoms in total. The van der Waals surface area contributed by atoms with Gasteiger partial charge in [-0.1, -0.05) is 6.42 Å². The van der Waals surface area contributed by atoms with Gasteiger partial charge in [-0.2, -0.15) is 5.10 Å². The second-order valence-corrected chi connectivity index (χ2v) is 6.33. The highest BCUT2D eigenvalue weighted by Gasteiger charge is 2.52. The number of anilines is 1. The van der Waals surface area contributed by atoms with Gasteiger partial charge in [-0.15, -0.1) is 5.10 Å². The highest BCUT2D eigenvalue weighted by atomic mass is 16.2. The van der Waals surface area contributed by atoms with Crippen molar-refractivity contribution in [3.05, 3.63) is 18.3 Å². The van der Waals surface area contributed by atoms with Gasteiger partial charge in [-0.3, -0.25) is 9.59 Å². The summed E-state index contributed by atoms with van der Waals surface area (Å²) in [7, 11) is 1.60. The van der Waals surface area contributed by atoms with Gasteiger partial charge in [0.1, 0.15) is 11.2 Å². The Kier molecular flexibility index (Phi) is 4.45. The smallest absolute Gasteiger partial charge is 0.238 e. The zero-order chi connectivity index (χ0) is 16.3. The molecule has 0 bridgehead atoms. The van der Waals surface area contributed by atoms with Crippen LogP contribution >= 0.6 is 0 Å². The quantitative estimate of drug-likeness (QED) is 0.802. The van der Waals surface area contributed by atoms with E-state index in [0.717, 1.165) is 25.1 Å². The molecule has 124 valence electrons. The van der Waals surface area contributed by atoms with Crippen LogP contribution in [0.5, 0.6) is 0 Å². The van der Waals surface area contributed by atoms with E-state index in [-0.39, 0.29) is 17.9 Å². The third-order valence-electron chi connectivity index (χ3n) is 4.98. The summed E-state index contributed by atoms with van der Waals surface area (Å²) in [5.41, 5.74) is -0.806. The molecule has 2 fully saturated rings. The number of hydrogen-bond acceptors (Lipinski definition) is 5. The second kappa shape index (κ2) is 6.52. The lowest BCUT2D eigenvalue weighted by molar-refractivity contribution is -0.157. The maximum Gasteiger partial charge on any atom is 0.238 e. The summed E-state index contributed by atoms with van der Waals surface area (Å²) in [6.45, 7) is 1.35. The van der Waals surface area contributed by atoms with Crippen molar-refractivity contribution in [1.29, 1.82) is 0 Å². The molecular formula is C16H23N5O2. The first kappa shape index (κ1) is 15.7. The zero-order valence-corrected chi connectivity index (χ0v) is 13.4. The Bertz CT molecular complexity index is 565. The number of aromatic nitrogens is 2. The van der Waals surface area contributed by atoms with Crippen LogP contribution < -0.4 is 10.6 Å². The van der Waals surface area contributed by atoms with E-state index in [4.69, 9.17) is 0 Å². The van der Waals surface area contributed by atoms with Crippen molar-refractivity contribution >= 4 is 17.6 Å². The molecule has 0 atom stereocenters. The largest absolute Gasteiger partial charge is 0.366 e. The minimum Gasteiger partial charge on any atom is -0.366 e. The van der Waals surface area contributed by atoms with Crippen LogP contribution in [0.15, 0.2) is 18.3 Å². The maximum atomic E-state index is 12.8. The van der Waals surface area contributed by atoms with E-state index in [2.05, 4.69) is 20.8 Å². The molecule has 0 unspecified atom stereocenters. The third kappa shape index (κ3) is 3.00. The number of hydrogen-bond donors (Lipinski definition) is 2. The van der Waals surface area contributed by atoms with Gasteiger partial charge in [0.2, 0.25) is 11.8 Å². The number of nitrogens with zero attached hydrogens (tertiary/aromatic N) is 3. The van der Waals surface area contributed by atoms with E-state index in [0.29, 0.717) is 25.9 Å². The highest BCUT2D eigenvalue weighted by Crippen LogP contribution is 2.43. The Hall–Kier alpha value is -2.18. The van der Waals surface area contributed by atoms with Gasteiger partial charge in [-0.25, -0.2) is 0 Å². The van der Waals surface area contributed by atoms with Crippen LogP contribution in [0.1, 0.15) is 32.1 Å². The van der Waals surface area contributed by atoms with Gasteiger partial charge in [0, 0.05) is 32.4 Å².